The Kier molecular flexibility index (Phi) is 7.31. The summed E-state index contributed by atoms with van der Waals surface area (Å²) in [5.74, 6) is -0.609. The van der Waals surface area contributed by atoms with Crippen LogP contribution in [0.5, 0.6) is 0 Å². The first-order valence-corrected chi connectivity index (χ1v) is 11.0. The zero-order valence-electron chi connectivity index (χ0n) is 17.2. The van der Waals surface area contributed by atoms with Gasteiger partial charge in [0.05, 0.1) is 5.25 Å². The molecule has 0 saturated carbocycles. The van der Waals surface area contributed by atoms with Crippen LogP contribution in [0.3, 0.4) is 0 Å². The number of carbonyl (C=O) groups excluding carboxylic acids is 2. The highest BCUT2D eigenvalue weighted by atomic mass is 32.2. The molecule has 1 aliphatic heterocycles. The Morgan fingerprint density at radius 3 is 2.40 bits per heavy atom. The number of likely N-dealkylation sites (N-methyl/N-ethyl adjacent to an activating group) is 1. The SMILES string of the molecule is CCCCc1ccc(CC2SC(=C(C#N)C(=O)NC)N(c3ccccc3)C2=O)cc1. The van der Waals surface area contributed by atoms with Gasteiger partial charge in [-0.25, -0.2) is 0 Å². The number of anilines is 1. The summed E-state index contributed by atoms with van der Waals surface area (Å²) in [6.45, 7) is 2.18. The molecule has 5 nitrogen and oxygen atoms in total. The molecule has 1 atom stereocenters. The first kappa shape index (κ1) is 21.7. The summed E-state index contributed by atoms with van der Waals surface area (Å²) >= 11 is 1.28. The quantitative estimate of drug-likeness (QED) is 0.539. The van der Waals surface area contributed by atoms with Crippen LogP contribution < -0.4 is 10.2 Å². The zero-order valence-corrected chi connectivity index (χ0v) is 18.0. The lowest BCUT2D eigenvalue weighted by atomic mass is 10.0. The number of para-hydroxylation sites is 1. The summed E-state index contributed by atoms with van der Waals surface area (Å²) in [6, 6.07) is 19.5. The van der Waals surface area contributed by atoms with E-state index < -0.39 is 11.2 Å². The number of nitrogens with zero attached hydrogens (tertiary/aromatic N) is 2. The minimum absolute atomic E-state index is 0.0443. The van der Waals surface area contributed by atoms with Crippen molar-refractivity contribution in [2.45, 2.75) is 37.9 Å². The Morgan fingerprint density at radius 2 is 1.80 bits per heavy atom. The number of hydrogen-bond donors (Lipinski definition) is 1. The normalized spacial score (nSPS) is 17.6. The van der Waals surface area contributed by atoms with Gasteiger partial charge in [0.15, 0.2) is 0 Å². The van der Waals surface area contributed by atoms with Gasteiger partial charge in [-0.05, 0) is 42.5 Å². The molecule has 1 unspecified atom stereocenters. The number of amides is 2. The molecule has 1 saturated heterocycles. The molecule has 0 aliphatic carbocycles. The highest BCUT2D eigenvalue weighted by Gasteiger charge is 2.40. The number of hydrogen-bond acceptors (Lipinski definition) is 4. The average Bonchev–Trinajstić information content (AvgIpc) is 3.09. The van der Waals surface area contributed by atoms with Crippen LogP contribution in [0.15, 0.2) is 65.2 Å². The second-order valence-corrected chi connectivity index (χ2v) is 8.30. The van der Waals surface area contributed by atoms with E-state index in [1.165, 1.54) is 29.3 Å². The maximum Gasteiger partial charge on any atom is 0.264 e. The van der Waals surface area contributed by atoms with Gasteiger partial charge < -0.3 is 5.32 Å². The molecule has 154 valence electrons. The first-order chi connectivity index (χ1) is 14.6. The molecule has 0 radical (unpaired) electrons. The predicted molar refractivity (Wildman–Crippen MR) is 121 cm³/mol. The maximum atomic E-state index is 13.3. The lowest BCUT2D eigenvalue weighted by Gasteiger charge is -2.18. The molecule has 0 bridgehead atoms. The second kappa shape index (κ2) is 10.1. The number of benzene rings is 2. The van der Waals surface area contributed by atoms with Crippen molar-refractivity contribution in [3.8, 4) is 6.07 Å². The summed E-state index contributed by atoms with van der Waals surface area (Å²) in [6.07, 6.45) is 3.91. The van der Waals surface area contributed by atoms with Crippen molar-refractivity contribution in [2.75, 3.05) is 11.9 Å². The van der Waals surface area contributed by atoms with Crippen LogP contribution in [0.25, 0.3) is 0 Å². The number of nitrogens with one attached hydrogen (secondary N) is 1. The Labute approximate surface area is 181 Å². The highest BCUT2D eigenvalue weighted by molar-refractivity contribution is 8.05. The van der Waals surface area contributed by atoms with Crippen molar-refractivity contribution < 1.29 is 9.59 Å². The molecule has 0 spiro atoms. The number of rotatable bonds is 7. The van der Waals surface area contributed by atoms with Gasteiger partial charge in [0, 0.05) is 12.7 Å². The van der Waals surface area contributed by atoms with E-state index in [0.29, 0.717) is 17.1 Å². The van der Waals surface area contributed by atoms with E-state index in [9.17, 15) is 14.9 Å². The molecule has 1 heterocycles. The lowest BCUT2D eigenvalue weighted by molar-refractivity contribution is -0.117. The molecule has 3 rings (SSSR count). The third-order valence-electron chi connectivity index (χ3n) is 5.01. The molecule has 2 aromatic rings. The van der Waals surface area contributed by atoms with E-state index in [0.717, 1.165) is 24.8 Å². The fraction of sp³-hybridized carbons (Fsp3) is 0.292. The summed E-state index contributed by atoms with van der Waals surface area (Å²) in [7, 11) is 1.48. The maximum absolute atomic E-state index is 13.3. The van der Waals surface area contributed by atoms with E-state index in [2.05, 4.69) is 36.5 Å². The Balaban J connectivity index is 1.90. The fourth-order valence-corrected chi connectivity index (χ4v) is 4.67. The van der Waals surface area contributed by atoms with Gasteiger partial charge in [-0.3, -0.25) is 14.5 Å². The smallest absolute Gasteiger partial charge is 0.264 e. The van der Waals surface area contributed by atoms with Crippen LogP contribution in [-0.2, 0) is 22.4 Å². The van der Waals surface area contributed by atoms with Gasteiger partial charge in [0.2, 0.25) is 5.91 Å². The lowest BCUT2D eigenvalue weighted by Crippen LogP contribution is -2.31. The van der Waals surface area contributed by atoms with Crippen molar-refractivity contribution in [3.63, 3.8) is 0 Å². The Morgan fingerprint density at radius 1 is 1.13 bits per heavy atom. The van der Waals surface area contributed by atoms with Crippen LogP contribution >= 0.6 is 11.8 Å². The van der Waals surface area contributed by atoms with Gasteiger partial charge in [0.1, 0.15) is 16.7 Å². The Hall–Kier alpha value is -3.04. The summed E-state index contributed by atoms with van der Waals surface area (Å²) in [5, 5.41) is 12.1. The third-order valence-corrected chi connectivity index (χ3v) is 6.27. The Bertz CT molecular complexity index is 978. The van der Waals surface area contributed by atoms with Gasteiger partial charge in [0.25, 0.3) is 5.91 Å². The van der Waals surface area contributed by atoms with Crippen molar-refractivity contribution in [1.29, 1.82) is 5.26 Å². The zero-order chi connectivity index (χ0) is 21.5. The average molecular weight is 420 g/mol. The van der Waals surface area contributed by atoms with Crippen LogP contribution in [0, 0.1) is 11.3 Å². The second-order valence-electron chi connectivity index (χ2n) is 7.11. The molecule has 30 heavy (non-hydrogen) atoms. The van der Waals surface area contributed by atoms with E-state index in [-0.39, 0.29) is 11.5 Å². The minimum atomic E-state index is -0.491. The molecule has 1 aliphatic rings. The minimum Gasteiger partial charge on any atom is -0.354 e. The molecule has 1 fully saturated rings. The molecule has 1 N–H and O–H groups in total. The monoisotopic (exact) mass is 419 g/mol. The standard InChI is InChI=1S/C24H25N3O2S/c1-3-4-8-17-11-13-18(14-12-17)15-21-23(29)27(19-9-6-5-7-10-19)24(30-21)20(16-25)22(28)26-2/h5-7,9-14,21H,3-4,8,15H2,1-2H3,(H,26,28). The van der Waals surface area contributed by atoms with Gasteiger partial charge >= 0.3 is 0 Å². The van der Waals surface area contributed by atoms with Gasteiger partial charge in [-0.2, -0.15) is 5.26 Å². The van der Waals surface area contributed by atoms with E-state index in [1.54, 1.807) is 0 Å². The van der Waals surface area contributed by atoms with Gasteiger partial charge in [-0.1, -0.05) is 67.6 Å². The molecule has 2 aromatic carbocycles. The van der Waals surface area contributed by atoms with Crippen LogP contribution in [0.1, 0.15) is 30.9 Å². The number of aryl methyl sites for hydroxylation is 1. The van der Waals surface area contributed by atoms with Gasteiger partial charge in [-0.15, -0.1) is 0 Å². The van der Waals surface area contributed by atoms with Crippen molar-refractivity contribution in [1.82, 2.24) is 5.32 Å². The number of nitriles is 1. The largest absolute Gasteiger partial charge is 0.354 e. The predicted octanol–water partition coefficient (Wildman–Crippen LogP) is 4.20. The van der Waals surface area contributed by atoms with E-state index >= 15 is 0 Å². The summed E-state index contributed by atoms with van der Waals surface area (Å²) < 4.78 is 0. The van der Waals surface area contributed by atoms with Crippen molar-refractivity contribution in [2.24, 2.45) is 0 Å². The van der Waals surface area contributed by atoms with Crippen molar-refractivity contribution >= 4 is 29.3 Å². The van der Waals surface area contributed by atoms with Crippen LogP contribution in [0.4, 0.5) is 5.69 Å². The van der Waals surface area contributed by atoms with Crippen molar-refractivity contribution in [3.05, 3.63) is 76.3 Å². The van der Waals surface area contributed by atoms with Crippen LogP contribution in [0.2, 0.25) is 0 Å². The van der Waals surface area contributed by atoms with E-state index in [4.69, 9.17) is 0 Å². The summed E-state index contributed by atoms with van der Waals surface area (Å²) in [5.41, 5.74) is 2.97. The molecule has 2 amide bonds. The first-order valence-electron chi connectivity index (χ1n) is 10.1. The number of thioether (sulfide) groups is 1. The topological polar surface area (TPSA) is 73.2 Å². The molecular formula is C24H25N3O2S. The van der Waals surface area contributed by atoms with Crippen LogP contribution in [-0.4, -0.2) is 24.1 Å². The molecule has 6 heteroatoms. The summed E-state index contributed by atoms with van der Waals surface area (Å²) in [4.78, 5) is 27.0. The third kappa shape index (κ3) is 4.74. The molecule has 0 aromatic heterocycles. The fourth-order valence-electron chi connectivity index (χ4n) is 3.36. The van der Waals surface area contributed by atoms with E-state index in [1.807, 2.05) is 36.4 Å². The molecular weight excluding hydrogens is 394 g/mol. The number of unbranched alkanes of at least 4 members (excludes halogenated alkanes) is 1. The highest BCUT2D eigenvalue weighted by Crippen LogP contribution is 2.41. The number of carbonyl (C=O) groups is 2.